The van der Waals surface area contributed by atoms with E-state index in [9.17, 15) is 9.59 Å². The quantitative estimate of drug-likeness (QED) is 0.680. The van der Waals surface area contributed by atoms with Gasteiger partial charge in [-0.05, 0) is 17.7 Å². The lowest BCUT2D eigenvalue weighted by molar-refractivity contribution is -0.136. The second-order valence-electron chi connectivity index (χ2n) is 7.25. The van der Waals surface area contributed by atoms with E-state index < -0.39 is 12.0 Å². The van der Waals surface area contributed by atoms with Gasteiger partial charge in [-0.2, -0.15) is 0 Å². The van der Waals surface area contributed by atoms with Crippen LogP contribution < -0.4 is 15.5 Å². The van der Waals surface area contributed by atoms with Crippen LogP contribution in [0.3, 0.4) is 0 Å². The van der Waals surface area contributed by atoms with Crippen LogP contribution in [0.5, 0.6) is 0 Å². The molecular formula is C21H23ClN6O3. The summed E-state index contributed by atoms with van der Waals surface area (Å²) in [5.41, 5.74) is 1.51. The standard InChI is InChI=1S/C21H23ClN6O3/c1-31-19(29)17-16(25-21(30)26-18(17)14-5-2-3-6-15(14)22)13-27-9-11-28(12-10-27)20-23-7-4-8-24-20/h2-8,18H,9-13H2,1H3,(H2,25,26,30). The maximum atomic E-state index is 12.7. The fourth-order valence-electron chi connectivity index (χ4n) is 3.82. The van der Waals surface area contributed by atoms with Gasteiger partial charge in [-0.3, -0.25) is 4.90 Å². The van der Waals surface area contributed by atoms with Crippen LogP contribution in [0.2, 0.25) is 5.02 Å². The molecule has 4 rings (SSSR count). The van der Waals surface area contributed by atoms with Gasteiger partial charge in [0.25, 0.3) is 0 Å². The lowest BCUT2D eigenvalue weighted by atomic mass is 9.95. The van der Waals surface area contributed by atoms with Gasteiger partial charge in [-0.1, -0.05) is 29.8 Å². The molecule has 2 aliphatic rings. The van der Waals surface area contributed by atoms with Crippen molar-refractivity contribution in [1.82, 2.24) is 25.5 Å². The van der Waals surface area contributed by atoms with Crippen molar-refractivity contribution in [3.8, 4) is 0 Å². The maximum absolute atomic E-state index is 12.7. The number of anilines is 1. The van der Waals surface area contributed by atoms with Gasteiger partial charge in [0.15, 0.2) is 0 Å². The Balaban J connectivity index is 1.56. The number of carbonyl (C=O) groups is 2. The van der Waals surface area contributed by atoms with Crippen LogP contribution in [-0.4, -0.2) is 66.7 Å². The molecule has 1 aromatic heterocycles. The molecule has 2 N–H and O–H groups in total. The zero-order valence-corrected chi connectivity index (χ0v) is 17.8. The van der Waals surface area contributed by atoms with Gasteiger partial charge >= 0.3 is 12.0 Å². The van der Waals surface area contributed by atoms with Crippen molar-refractivity contribution >= 4 is 29.5 Å². The second kappa shape index (κ2) is 9.32. The predicted octanol–water partition coefficient (Wildman–Crippen LogP) is 1.73. The molecular weight excluding hydrogens is 420 g/mol. The third-order valence-corrected chi connectivity index (χ3v) is 5.71. The summed E-state index contributed by atoms with van der Waals surface area (Å²) in [5, 5.41) is 6.06. The first-order valence-corrected chi connectivity index (χ1v) is 10.3. The van der Waals surface area contributed by atoms with Gasteiger partial charge in [-0.15, -0.1) is 0 Å². The van der Waals surface area contributed by atoms with Crippen LogP contribution in [0.4, 0.5) is 10.7 Å². The molecule has 10 heteroatoms. The number of carbonyl (C=O) groups excluding carboxylic acids is 2. The fraction of sp³-hybridized carbons (Fsp3) is 0.333. The molecule has 1 unspecified atom stereocenters. The summed E-state index contributed by atoms with van der Waals surface area (Å²) in [6, 6.07) is 7.84. The Bertz CT molecular complexity index is 992. The van der Waals surface area contributed by atoms with E-state index in [0.29, 0.717) is 34.3 Å². The smallest absolute Gasteiger partial charge is 0.338 e. The minimum Gasteiger partial charge on any atom is -0.466 e. The number of esters is 1. The number of nitrogens with zero attached hydrogens (tertiary/aromatic N) is 4. The van der Waals surface area contributed by atoms with Gasteiger partial charge < -0.3 is 20.3 Å². The minimum absolute atomic E-state index is 0.351. The van der Waals surface area contributed by atoms with Crippen LogP contribution in [-0.2, 0) is 9.53 Å². The molecule has 0 radical (unpaired) electrons. The monoisotopic (exact) mass is 442 g/mol. The normalized spacial score (nSPS) is 19.6. The lowest BCUT2D eigenvalue weighted by Crippen LogP contribution is -2.52. The topological polar surface area (TPSA) is 99.7 Å². The molecule has 0 saturated carbocycles. The maximum Gasteiger partial charge on any atom is 0.338 e. The highest BCUT2D eigenvalue weighted by Crippen LogP contribution is 2.32. The Kier molecular flexibility index (Phi) is 6.34. The Hall–Kier alpha value is -3.17. The zero-order valence-electron chi connectivity index (χ0n) is 17.0. The largest absolute Gasteiger partial charge is 0.466 e. The number of ether oxygens (including phenoxy) is 1. The summed E-state index contributed by atoms with van der Waals surface area (Å²) in [7, 11) is 1.33. The molecule has 2 amide bonds. The SMILES string of the molecule is COC(=O)C1=C(CN2CCN(c3ncccn3)CC2)NC(=O)NC1c1ccccc1Cl. The highest BCUT2D eigenvalue weighted by atomic mass is 35.5. The van der Waals surface area contributed by atoms with E-state index in [1.807, 2.05) is 6.07 Å². The molecule has 1 aromatic carbocycles. The first-order chi connectivity index (χ1) is 15.1. The van der Waals surface area contributed by atoms with Gasteiger partial charge in [0.1, 0.15) is 0 Å². The van der Waals surface area contributed by atoms with E-state index >= 15 is 0 Å². The summed E-state index contributed by atoms with van der Waals surface area (Å²) in [5.74, 6) is 0.189. The number of piperazine rings is 1. The van der Waals surface area contributed by atoms with E-state index in [4.69, 9.17) is 16.3 Å². The number of methoxy groups -OCH3 is 1. The predicted molar refractivity (Wildman–Crippen MR) is 116 cm³/mol. The Labute approximate surface area is 185 Å². The fourth-order valence-corrected chi connectivity index (χ4v) is 4.07. The van der Waals surface area contributed by atoms with E-state index in [1.165, 1.54) is 7.11 Å². The van der Waals surface area contributed by atoms with Crippen molar-refractivity contribution < 1.29 is 14.3 Å². The average Bonchev–Trinajstić information content (AvgIpc) is 2.80. The highest BCUT2D eigenvalue weighted by molar-refractivity contribution is 6.31. The average molecular weight is 443 g/mol. The lowest BCUT2D eigenvalue weighted by Gasteiger charge is -2.37. The second-order valence-corrected chi connectivity index (χ2v) is 7.66. The number of rotatable bonds is 5. The van der Waals surface area contributed by atoms with Crippen molar-refractivity contribution in [3.63, 3.8) is 0 Å². The Morgan fingerprint density at radius 1 is 1.16 bits per heavy atom. The van der Waals surface area contributed by atoms with Gasteiger partial charge in [0, 0.05) is 55.8 Å². The summed E-state index contributed by atoms with van der Waals surface area (Å²) >= 11 is 6.36. The number of hydrogen-bond acceptors (Lipinski definition) is 7. The number of hydrogen-bond donors (Lipinski definition) is 2. The van der Waals surface area contributed by atoms with Gasteiger partial charge in [0.2, 0.25) is 5.95 Å². The summed E-state index contributed by atoms with van der Waals surface area (Å²) in [4.78, 5) is 38.0. The van der Waals surface area contributed by atoms with Crippen molar-refractivity contribution in [2.24, 2.45) is 0 Å². The third-order valence-electron chi connectivity index (χ3n) is 5.36. The van der Waals surface area contributed by atoms with E-state index in [2.05, 4.69) is 30.4 Å². The molecule has 162 valence electrons. The van der Waals surface area contributed by atoms with Crippen molar-refractivity contribution in [3.05, 3.63) is 64.6 Å². The van der Waals surface area contributed by atoms with Crippen molar-refractivity contribution in [2.75, 3.05) is 44.7 Å². The minimum atomic E-state index is -0.691. The Morgan fingerprint density at radius 3 is 2.55 bits per heavy atom. The summed E-state index contributed by atoms with van der Waals surface area (Å²) in [6.45, 7) is 3.35. The first kappa shape index (κ1) is 21.1. The molecule has 9 nitrogen and oxygen atoms in total. The molecule has 0 bridgehead atoms. The van der Waals surface area contributed by atoms with Crippen LogP contribution in [0.25, 0.3) is 0 Å². The zero-order chi connectivity index (χ0) is 21.8. The summed E-state index contributed by atoms with van der Waals surface area (Å²) < 4.78 is 5.04. The molecule has 2 aromatic rings. The summed E-state index contributed by atoms with van der Waals surface area (Å²) in [6.07, 6.45) is 3.45. The number of nitrogens with one attached hydrogen (secondary N) is 2. The van der Waals surface area contributed by atoms with Gasteiger partial charge in [-0.25, -0.2) is 19.6 Å². The van der Waals surface area contributed by atoms with E-state index in [-0.39, 0.29) is 6.03 Å². The van der Waals surface area contributed by atoms with Crippen molar-refractivity contribution in [1.29, 1.82) is 0 Å². The molecule has 1 atom stereocenters. The molecule has 0 aliphatic carbocycles. The van der Waals surface area contributed by atoms with Gasteiger partial charge in [0.05, 0.1) is 18.7 Å². The number of benzene rings is 1. The number of halogens is 1. The van der Waals surface area contributed by atoms with Crippen molar-refractivity contribution in [2.45, 2.75) is 6.04 Å². The number of aromatic nitrogens is 2. The molecule has 1 fully saturated rings. The molecule has 2 aliphatic heterocycles. The van der Waals surface area contributed by atoms with Crippen LogP contribution in [0.1, 0.15) is 11.6 Å². The molecule has 31 heavy (non-hydrogen) atoms. The molecule has 1 saturated heterocycles. The highest BCUT2D eigenvalue weighted by Gasteiger charge is 2.35. The Morgan fingerprint density at radius 2 is 1.87 bits per heavy atom. The van der Waals surface area contributed by atoms with Crippen LogP contribution in [0, 0.1) is 0 Å². The number of urea groups is 1. The third kappa shape index (κ3) is 4.62. The van der Waals surface area contributed by atoms with Crippen LogP contribution in [0.15, 0.2) is 54.0 Å². The number of amides is 2. The van der Waals surface area contributed by atoms with E-state index in [1.54, 1.807) is 36.7 Å². The van der Waals surface area contributed by atoms with E-state index in [0.717, 1.165) is 26.2 Å². The first-order valence-electron chi connectivity index (χ1n) is 9.94. The van der Waals surface area contributed by atoms with Crippen LogP contribution >= 0.6 is 11.6 Å². The molecule has 0 spiro atoms. The molecule has 3 heterocycles.